The number of carbonyl (C=O) groups is 1. The molecule has 134 valence electrons. The summed E-state index contributed by atoms with van der Waals surface area (Å²) in [6, 6.07) is 4.69. The number of amides is 1. The zero-order chi connectivity index (χ0) is 17.6. The quantitative estimate of drug-likeness (QED) is 0.841. The van der Waals surface area contributed by atoms with Crippen molar-refractivity contribution < 1.29 is 9.32 Å². The monoisotopic (exact) mass is 359 g/mol. The van der Waals surface area contributed by atoms with E-state index in [2.05, 4.69) is 34.0 Å². The number of rotatable bonds is 4. The molecular formula is C19H25N3O2S. The highest BCUT2D eigenvalue weighted by Gasteiger charge is 2.41. The van der Waals surface area contributed by atoms with Crippen LogP contribution in [0.5, 0.6) is 0 Å². The Morgan fingerprint density at radius 3 is 2.72 bits per heavy atom. The van der Waals surface area contributed by atoms with Crippen LogP contribution in [-0.4, -0.2) is 40.0 Å². The summed E-state index contributed by atoms with van der Waals surface area (Å²) < 4.78 is 5.29. The highest BCUT2D eigenvalue weighted by molar-refractivity contribution is 7.11. The van der Waals surface area contributed by atoms with Gasteiger partial charge in [-0.2, -0.15) is 0 Å². The minimum absolute atomic E-state index is 0.125. The second kappa shape index (κ2) is 6.57. The Labute approximate surface area is 152 Å². The van der Waals surface area contributed by atoms with Gasteiger partial charge in [-0.1, -0.05) is 5.16 Å². The number of hydrogen-bond donors (Lipinski definition) is 0. The van der Waals surface area contributed by atoms with Crippen molar-refractivity contribution in [2.24, 2.45) is 5.92 Å². The van der Waals surface area contributed by atoms with Crippen LogP contribution < -0.4 is 0 Å². The van der Waals surface area contributed by atoms with Crippen molar-refractivity contribution in [2.75, 3.05) is 13.1 Å². The summed E-state index contributed by atoms with van der Waals surface area (Å²) in [4.78, 5) is 20.3. The number of nitrogens with zero attached hydrogens (tertiary/aromatic N) is 3. The largest absolute Gasteiger partial charge is 0.361 e. The SMILES string of the molecule is Cc1ccc(CN2C[C@H]3CC[C@@H](C2)N(Cc2c(C)noc2C)C3=O)s1. The van der Waals surface area contributed by atoms with Gasteiger partial charge in [0.1, 0.15) is 5.76 Å². The highest BCUT2D eigenvalue weighted by Crippen LogP contribution is 2.32. The van der Waals surface area contributed by atoms with E-state index in [0.717, 1.165) is 49.5 Å². The van der Waals surface area contributed by atoms with E-state index >= 15 is 0 Å². The summed E-state index contributed by atoms with van der Waals surface area (Å²) in [5.74, 6) is 1.26. The molecular weight excluding hydrogens is 334 g/mol. The predicted octanol–water partition coefficient (Wildman–Crippen LogP) is 3.28. The van der Waals surface area contributed by atoms with Crippen LogP contribution in [0.4, 0.5) is 0 Å². The molecule has 0 radical (unpaired) electrons. The third-order valence-corrected chi connectivity index (χ3v) is 6.54. The van der Waals surface area contributed by atoms with Crippen LogP contribution in [-0.2, 0) is 17.9 Å². The molecule has 25 heavy (non-hydrogen) atoms. The fourth-order valence-corrected chi connectivity index (χ4v) is 5.09. The standard InChI is InChI=1S/C19H25N3O2S/c1-12-4-7-17(25-12)10-21-8-15-5-6-16(9-21)22(19(15)23)11-18-13(2)20-24-14(18)3/h4,7,15-16H,5-6,8-11H2,1-3H3/t15-,16+/m1/s1. The lowest BCUT2D eigenvalue weighted by Crippen LogP contribution is -2.47. The number of hydrogen-bond acceptors (Lipinski definition) is 5. The van der Waals surface area contributed by atoms with Gasteiger partial charge in [-0.05, 0) is 45.7 Å². The molecule has 0 saturated carbocycles. The first-order valence-corrected chi connectivity index (χ1v) is 9.83. The Hall–Kier alpha value is -1.66. The number of aryl methyl sites for hydroxylation is 3. The van der Waals surface area contributed by atoms with Crippen molar-refractivity contribution in [3.63, 3.8) is 0 Å². The molecule has 2 bridgehead atoms. The number of aromatic nitrogens is 1. The van der Waals surface area contributed by atoms with Crippen molar-refractivity contribution in [3.05, 3.63) is 38.9 Å². The third kappa shape index (κ3) is 3.25. The zero-order valence-electron chi connectivity index (χ0n) is 15.1. The zero-order valence-corrected chi connectivity index (χ0v) is 15.9. The average molecular weight is 359 g/mol. The van der Waals surface area contributed by atoms with E-state index < -0.39 is 0 Å². The number of fused-ring (bicyclic) bond motifs is 4. The van der Waals surface area contributed by atoms with Gasteiger partial charge in [0.25, 0.3) is 0 Å². The molecule has 2 atom stereocenters. The summed E-state index contributed by atoms with van der Waals surface area (Å²) in [5.41, 5.74) is 1.97. The molecule has 6 heteroatoms. The molecule has 0 aromatic carbocycles. The second-order valence-corrected chi connectivity index (χ2v) is 8.78. The van der Waals surface area contributed by atoms with Crippen molar-refractivity contribution in [3.8, 4) is 0 Å². The van der Waals surface area contributed by atoms with Gasteiger partial charge in [0.05, 0.1) is 18.2 Å². The number of thiophene rings is 1. The molecule has 2 aromatic heterocycles. The van der Waals surface area contributed by atoms with Crippen LogP contribution in [0.25, 0.3) is 0 Å². The normalized spacial score (nSPS) is 24.1. The number of carbonyl (C=O) groups excluding carboxylic acids is 1. The van der Waals surface area contributed by atoms with Crippen LogP contribution in [0.3, 0.4) is 0 Å². The predicted molar refractivity (Wildman–Crippen MR) is 97.4 cm³/mol. The summed E-state index contributed by atoms with van der Waals surface area (Å²) >= 11 is 1.86. The Kier molecular flexibility index (Phi) is 4.41. The first kappa shape index (κ1) is 16.8. The van der Waals surface area contributed by atoms with Crippen LogP contribution in [0.15, 0.2) is 16.7 Å². The lowest BCUT2D eigenvalue weighted by molar-refractivity contribution is -0.140. The lowest BCUT2D eigenvalue weighted by atomic mass is 9.93. The first-order chi connectivity index (χ1) is 12.0. The van der Waals surface area contributed by atoms with E-state index in [1.165, 1.54) is 9.75 Å². The summed E-state index contributed by atoms with van der Waals surface area (Å²) in [6.07, 6.45) is 2.11. The Morgan fingerprint density at radius 2 is 2.04 bits per heavy atom. The molecule has 3 fully saturated rings. The molecule has 3 aliphatic heterocycles. The fraction of sp³-hybridized carbons (Fsp3) is 0.579. The Bertz CT molecular complexity index is 762. The molecule has 2 aromatic rings. The third-order valence-electron chi connectivity index (χ3n) is 5.55. The van der Waals surface area contributed by atoms with Crippen molar-refractivity contribution in [2.45, 2.75) is 52.7 Å². The van der Waals surface area contributed by atoms with E-state index in [-0.39, 0.29) is 5.92 Å². The van der Waals surface area contributed by atoms with E-state index in [1.807, 2.05) is 25.2 Å². The van der Waals surface area contributed by atoms with E-state index in [4.69, 9.17) is 4.52 Å². The first-order valence-electron chi connectivity index (χ1n) is 9.01. The van der Waals surface area contributed by atoms with Crippen LogP contribution >= 0.6 is 11.3 Å². The maximum absolute atomic E-state index is 13.0. The lowest BCUT2D eigenvalue weighted by Gasteiger charge is -2.36. The van der Waals surface area contributed by atoms with E-state index in [1.54, 1.807) is 0 Å². The molecule has 3 saturated heterocycles. The second-order valence-electron chi connectivity index (χ2n) is 7.40. The molecule has 5 rings (SSSR count). The molecule has 0 unspecified atom stereocenters. The summed E-state index contributed by atoms with van der Waals surface area (Å²) in [5, 5.41) is 4.04. The van der Waals surface area contributed by atoms with Crippen molar-refractivity contribution in [1.29, 1.82) is 0 Å². The van der Waals surface area contributed by atoms with Crippen molar-refractivity contribution >= 4 is 17.2 Å². The summed E-state index contributed by atoms with van der Waals surface area (Å²) in [6.45, 7) is 9.46. The maximum atomic E-state index is 13.0. The number of piperidine rings is 1. The Balaban J connectivity index is 1.52. The van der Waals surface area contributed by atoms with Crippen LogP contribution in [0, 0.1) is 26.7 Å². The smallest absolute Gasteiger partial charge is 0.227 e. The highest BCUT2D eigenvalue weighted by atomic mass is 32.1. The van der Waals surface area contributed by atoms with Crippen molar-refractivity contribution in [1.82, 2.24) is 15.0 Å². The summed E-state index contributed by atoms with van der Waals surface area (Å²) in [7, 11) is 0. The molecule has 0 N–H and O–H groups in total. The fourth-order valence-electron chi connectivity index (χ4n) is 4.16. The minimum Gasteiger partial charge on any atom is -0.361 e. The maximum Gasteiger partial charge on any atom is 0.227 e. The molecule has 3 aliphatic rings. The van der Waals surface area contributed by atoms with E-state index in [0.29, 0.717) is 18.5 Å². The van der Waals surface area contributed by atoms with Gasteiger partial charge in [-0.3, -0.25) is 9.69 Å². The molecule has 1 amide bonds. The van der Waals surface area contributed by atoms with Gasteiger partial charge < -0.3 is 9.42 Å². The van der Waals surface area contributed by atoms with Crippen LogP contribution in [0.1, 0.15) is 39.6 Å². The average Bonchev–Trinajstić information content (AvgIpc) is 3.00. The molecule has 0 spiro atoms. The van der Waals surface area contributed by atoms with Gasteiger partial charge >= 0.3 is 0 Å². The topological polar surface area (TPSA) is 49.6 Å². The molecule has 0 aliphatic carbocycles. The molecule has 5 nitrogen and oxygen atoms in total. The van der Waals surface area contributed by atoms with Gasteiger partial charge in [-0.15, -0.1) is 11.3 Å². The van der Waals surface area contributed by atoms with Gasteiger partial charge in [-0.25, -0.2) is 0 Å². The molecule has 5 heterocycles. The minimum atomic E-state index is 0.125. The van der Waals surface area contributed by atoms with Gasteiger partial charge in [0.15, 0.2) is 0 Å². The Morgan fingerprint density at radius 1 is 1.20 bits per heavy atom. The van der Waals surface area contributed by atoms with E-state index in [9.17, 15) is 4.79 Å². The van der Waals surface area contributed by atoms with Gasteiger partial charge in [0.2, 0.25) is 5.91 Å². The van der Waals surface area contributed by atoms with Gasteiger partial charge in [0, 0.05) is 41.0 Å². The van der Waals surface area contributed by atoms with Crippen LogP contribution in [0.2, 0.25) is 0 Å².